The second-order valence-electron chi connectivity index (χ2n) is 7.98. The Morgan fingerprint density at radius 2 is 1.70 bits per heavy atom. The summed E-state index contributed by atoms with van der Waals surface area (Å²) >= 11 is 5.88. The topological polar surface area (TPSA) is 84.9 Å². The van der Waals surface area contributed by atoms with Gasteiger partial charge in [-0.1, -0.05) is 23.7 Å². The fraction of sp³-hybridized carbons (Fsp3) is 0.400. The molecule has 1 aliphatic rings. The molecule has 1 aliphatic heterocycles. The summed E-state index contributed by atoms with van der Waals surface area (Å²) < 4.78 is 9.75. The molecule has 0 spiro atoms. The van der Waals surface area contributed by atoms with Crippen molar-refractivity contribution in [1.82, 2.24) is 10.2 Å². The van der Waals surface area contributed by atoms with Gasteiger partial charge in [0.15, 0.2) is 0 Å². The van der Waals surface area contributed by atoms with Crippen LogP contribution in [0.5, 0.6) is 5.75 Å². The van der Waals surface area contributed by atoms with Crippen LogP contribution in [-0.2, 0) is 16.0 Å². The van der Waals surface area contributed by atoms with Crippen molar-refractivity contribution >= 4 is 29.6 Å². The van der Waals surface area contributed by atoms with Crippen molar-refractivity contribution in [3.05, 3.63) is 64.7 Å². The normalized spacial score (nSPS) is 13.9. The molecule has 0 bridgehead atoms. The van der Waals surface area contributed by atoms with E-state index in [2.05, 4.69) is 5.32 Å². The van der Waals surface area contributed by atoms with Gasteiger partial charge in [0.2, 0.25) is 5.91 Å². The van der Waals surface area contributed by atoms with E-state index >= 15 is 0 Å². The smallest absolute Gasteiger partial charge is 0.434 e. The molecule has 0 unspecified atom stereocenters. The van der Waals surface area contributed by atoms with Crippen LogP contribution in [0.4, 0.5) is 4.79 Å². The van der Waals surface area contributed by atoms with Crippen molar-refractivity contribution < 1.29 is 23.9 Å². The molecule has 2 aromatic rings. The number of benzene rings is 2. The van der Waals surface area contributed by atoms with Crippen LogP contribution in [0, 0.1) is 5.92 Å². The number of nitrogens with one attached hydrogen (secondary N) is 1. The number of nitrogens with zero attached hydrogens (tertiary/aromatic N) is 1. The molecule has 176 valence electrons. The number of hydrogen-bond donors (Lipinski definition) is 1. The van der Waals surface area contributed by atoms with E-state index in [0.29, 0.717) is 54.7 Å². The van der Waals surface area contributed by atoms with Crippen LogP contribution < -0.4 is 10.1 Å². The van der Waals surface area contributed by atoms with E-state index in [9.17, 15) is 14.4 Å². The lowest BCUT2D eigenvalue weighted by Crippen LogP contribution is -2.41. The van der Waals surface area contributed by atoms with Gasteiger partial charge < -0.3 is 19.7 Å². The predicted molar refractivity (Wildman–Crippen MR) is 126 cm³/mol. The van der Waals surface area contributed by atoms with Crippen molar-refractivity contribution in [2.45, 2.75) is 32.6 Å². The molecule has 33 heavy (non-hydrogen) atoms. The lowest BCUT2D eigenvalue weighted by atomic mass is 9.96. The molecule has 0 aromatic heterocycles. The van der Waals surface area contributed by atoms with E-state index in [4.69, 9.17) is 21.1 Å². The second-order valence-corrected chi connectivity index (χ2v) is 8.41. The molecule has 8 heteroatoms. The van der Waals surface area contributed by atoms with Gasteiger partial charge >= 0.3 is 6.16 Å². The molecule has 1 fully saturated rings. The Morgan fingerprint density at radius 1 is 1.03 bits per heavy atom. The van der Waals surface area contributed by atoms with Crippen LogP contribution in [0.1, 0.15) is 42.1 Å². The maximum Gasteiger partial charge on any atom is 0.513 e. The molecule has 0 radical (unpaired) electrons. The summed E-state index contributed by atoms with van der Waals surface area (Å²) in [6.07, 6.45) is 2.03. The third-order valence-corrected chi connectivity index (χ3v) is 5.86. The first-order chi connectivity index (χ1) is 15.9. The van der Waals surface area contributed by atoms with Gasteiger partial charge in [-0.2, -0.15) is 0 Å². The number of likely N-dealkylation sites (tertiary alicyclic amines) is 1. The third kappa shape index (κ3) is 7.79. The average Bonchev–Trinajstić information content (AvgIpc) is 2.83. The SMILES string of the molecule is CCOC(=O)Oc1ccc(C(=O)N2CCC(CNC(=O)CCc3ccc(Cl)cc3)CC2)cc1. The minimum absolute atomic E-state index is 0.0357. The number of carbonyl (C=O) groups excluding carboxylic acids is 3. The van der Waals surface area contributed by atoms with Crippen molar-refractivity contribution in [3.63, 3.8) is 0 Å². The summed E-state index contributed by atoms with van der Waals surface area (Å²) in [7, 11) is 0. The molecule has 2 aromatic carbocycles. The van der Waals surface area contributed by atoms with Crippen molar-refractivity contribution in [1.29, 1.82) is 0 Å². The van der Waals surface area contributed by atoms with Crippen LogP contribution in [0.25, 0.3) is 0 Å². The predicted octanol–water partition coefficient (Wildman–Crippen LogP) is 4.48. The molecule has 3 rings (SSSR count). The zero-order valence-corrected chi connectivity index (χ0v) is 19.5. The Kier molecular flexibility index (Phi) is 9.13. The number of halogens is 1. The second kappa shape index (κ2) is 12.3. The highest BCUT2D eigenvalue weighted by Crippen LogP contribution is 2.20. The Morgan fingerprint density at radius 3 is 2.33 bits per heavy atom. The fourth-order valence-electron chi connectivity index (χ4n) is 3.69. The summed E-state index contributed by atoms with van der Waals surface area (Å²) in [5.74, 6) is 0.668. The maximum atomic E-state index is 12.8. The number of carbonyl (C=O) groups is 3. The van der Waals surface area contributed by atoms with Gasteiger partial charge in [0, 0.05) is 36.6 Å². The van der Waals surface area contributed by atoms with Crippen molar-refractivity contribution in [3.8, 4) is 5.75 Å². The van der Waals surface area contributed by atoms with Gasteiger partial charge in [-0.05, 0) is 74.1 Å². The third-order valence-electron chi connectivity index (χ3n) is 5.61. The van der Waals surface area contributed by atoms with E-state index in [1.165, 1.54) is 0 Å². The van der Waals surface area contributed by atoms with E-state index in [1.54, 1.807) is 31.2 Å². The molecule has 0 atom stereocenters. The standard InChI is InChI=1S/C25H29ClN2O5/c1-2-32-25(31)33-22-10-6-20(7-11-22)24(30)28-15-13-19(14-16-28)17-27-23(29)12-5-18-3-8-21(26)9-4-18/h3-4,6-11,19H,2,5,12-17H2,1H3,(H,27,29). The van der Waals surface area contributed by atoms with Crippen LogP contribution in [0.2, 0.25) is 5.02 Å². The Balaban J connectivity index is 1.37. The zero-order chi connectivity index (χ0) is 23.6. The highest BCUT2D eigenvalue weighted by molar-refractivity contribution is 6.30. The first-order valence-corrected chi connectivity index (χ1v) is 11.6. The van der Waals surface area contributed by atoms with Gasteiger partial charge in [0.05, 0.1) is 6.61 Å². The lowest BCUT2D eigenvalue weighted by Gasteiger charge is -2.32. The van der Waals surface area contributed by atoms with Gasteiger partial charge in [-0.15, -0.1) is 0 Å². The largest absolute Gasteiger partial charge is 0.513 e. The Bertz CT molecular complexity index is 938. The summed E-state index contributed by atoms with van der Waals surface area (Å²) in [5.41, 5.74) is 1.63. The molecular weight excluding hydrogens is 444 g/mol. The average molecular weight is 473 g/mol. The number of amides is 2. The van der Waals surface area contributed by atoms with Gasteiger partial charge in [0.25, 0.3) is 5.91 Å². The zero-order valence-electron chi connectivity index (χ0n) is 18.7. The number of aryl methyl sites for hydroxylation is 1. The molecule has 0 saturated carbocycles. The molecule has 1 N–H and O–H groups in total. The minimum Gasteiger partial charge on any atom is -0.434 e. The molecular formula is C25H29ClN2O5. The van der Waals surface area contributed by atoms with Gasteiger partial charge in [-0.3, -0.25) is 9.59 Å². The van der Waals surface area contributed by atoms with E-state index in [1.807, 2.05) is 29.2 Å². The molecule has 1 saturated heterocycles. The van der Waals surface area contributed by atoms with Crippen LogP contribution >= 0.6 is 11.6 Å². The fourth-order valence-corrected chi connectivity index (χ4v) is 3.81. The maximum absolute atomic E-state index is 12.8. The van der Waals surface area contributed by atoms with Crippen LogP contribution in [0.3, 0.4) is 0 Å². The van der Waals surface area contributed by atoms with Crippen LogP contribution in [-0.4, -0.2) is 49.1 Å². The van der Waals surface area contributed by atoms with E-state index < -0.39 is 6.16 Å². The van der Waals surface area contributed by atoms with Crippen molar-refractivity contribution in [2.75, 3.05) is 26.2 Å². The number of piperidine rings is 1. The minimum atomic E-state index is -0.768. The van der Waals surface area contributed by atoms with Crippen LogP contribution in [0.15, 0.2) is 48.5 Å². The molecule has 2 amide bonds. The van der Waals surface area contributed by atoms with E-state index in [-0.39, 0.29) is 18.4 Å². The quantitative estimate of drug-likeness (QED) is 0.452. The summed E-state index contributed by atoms with van der Waals surface area (Å²) in [6, 6.07) is 14.0. The van der Waals surface area contributed by atoms with Gasteiger partial charge in [-0.25, -0.2) is 4.79 Å². The first kappa shape index (κ1) is 24.6. The van der Waals surface area contributed by atoms with E-state index in [0.717, 1.165) is 18.4 Å². The highest BCUT2D eigenvalue weighted by Gasteiger charge is 2.24. The molecule has 0 aliphatic carbocycles. The summed E-state index contributed by atoms with van der Waals surface area (Å²) in [6.45, 7) is 3.85. The molecule has 7 nitrogen and oxygen atoms in total. The van der Waals surface area contributed by atoms with Crippen molar-refractivity contribution in [2.24, 2.45) is 5.92 Å². The number of rotatable bonds is 8. The highest BCUT2D eigenvalue weighted by atomic mass is 35.5. The Hall–Kier alpha value is -3.06. The Labute approximate surface area is 199 Å². The summed E-state index contributed by atoms with van der Waals surface area (Å²) in [4.78, 5) is 38.1. The van der Waals surface area contributed by atoms with Gasteiger partial charge in [0.1, 0.15) is 5.75 Å². The summed E-state index contributed by atoms with van der Waals surface area (Å²) in [5, 5.41) is 3.71. The number of hydrogen-bond acceptors (Lipinski definition) is 5. The lowest BCUT2D eigenvalue weighted by molar-refractivity contribution is -0.121. The monoisotopic (exact) mass is 472 g/mol. The number of ether oxygens (including phenoxy) is 2. The molecule has 1 heterocycles. The first-order valence-electron chi connectivity index (χ1n) is 11.2.